The van der Waals surface area contributed by atoms with Crippen molar-refractivity contribution in [2.45, 2.75) is 49.3 Å². The molecule has 6 rings (SSSR count). The van der Waals surface area contributed by atoms with Gasteiger partial charge in [-0.05, 0) is 73.6 Å². The van der Waals surface area contributed by atoms with Crippen LogP contribution < -0.4 is 10.1 Å². The number of hydrogen-bond donors (Lipinski definition) is 2. The van der Waals surface area contributed by atoms with Crippen molar-refractivity contribution in [2.75, 3.05) is 6.61 Å². The summed E-state index contributed by atoms with van der Waals surface area (Å²) in [6.07, 6.45) is 6.46. The Labute approximate surface area is 211 Å². The van der Waals surface area contributed by atoms with E-state index in [0.29, 0.717) is 19.3 Å². The maximum absolute atomic E-state index is 13.9. The first kappa shape index (κ1) is 24.1. The number of nitrogens with zero attached hydrogens (tertiary/aromatic N) is 1. The summed E-state index contributed by atoms with van der Waals surface area (Å²) in [5, 5.41) is 14.1. The van der Waals surface area contributed by atoms with Gasteiger partial charge in [0.15, 0.2) is 6.61 Å². The molecule has 2 N–H and O–H groups in total. The van der Waals surface area contributed by atoms with Gasteiger partial charge in [0.25, 0.3) is 5.91 Å². The molecule has 3 saturated carbocycles. The lowest BCUT2D eigenvalue weighted by Crippen LogP contribution is -2.67. The molecule has 35 heavy (non-hydrogen) atoms. The molecular formula is C26H24Cl2F2N2O3. The second-order valence-corrected chi connectivity index (χ2v) is 10.3. The van der Waals surface area contributed by atoms with Crippen LogP contribution in [0.2, 0.25) is 10.0 Å². The fourth-order valence-corrected chi connectivity index (χ4v) is 5.63. The van der Waals surface area contributed by atoms with Gasteiger partial charge in [-0.3, -0.25) is 4.79 Å². The van der Waals surface area contributed by atoms with Crippen LogP contribution in [-0.4, -0.2) is 33.8 Å². The van der Waals surface area contributed by atoms with Crippen molar-refractivity contribution >= 4 is 29.1 Å². The van der Waals surface area contributed by atoms with Gasteiger partial charge in [-0.25, -0.2) is 8.78 Å². The Morgan fingerprint density at radius 2 is 1.71 bits per heavy atom. The number of aliphatic hydroxyl groups is 1. The summed E-state index contributed by atoms with van der Waals surface area (Å²) in [5.41, 5.74) is 0.613. The number of halogens is 4. The van der Waals surface area contributed by atoms with E-state index in [0.717, 1.165) is 30.0 Å². The van der Waals surface area contributed by atoms with E-state index in [1.54, 1.807) is 6.07 Å². The van der Waals surface area contributed by atoms with Crippen LogP contribution in [0.1, 0.15) is 32.1 Å². The van der Waals surface area contributed by atoms with E-state index in [-0.39, 0.29) is 33.8 Å². The standard InChI is InChI=1S/C26H24Cl2F2N2O3/c27-19-3-1-16(11-21(19)29)17-5-10-32(14-17)25-6-8-26(9-7-25,23(33)13-25)31-24(34)15-35-18-2-4-20(28)22(30)12-18/h1-5,10-12,14,23,33H,6-9,13,15H2,(H,31,34). The molecule has 3 aliphatic rings. The lowest BCUT2D eigenvalue weighted by Gasteiger charge is -2.56. The largest absolute Gasteiger partial charge is 0.484 e. The van der Waals surface area contributed by atoms with Gasteiger partial charge in [0.2, 0.25) is 0 Å². The fraction of sp³-hybridized carbons (Fsp3) is 0.346. The molecule has 0 radical (unpaired) electrons. The Balaban J connectivity index is 1.24. The van der Waals surface area contributed by atoms with Crippen LogP contribution in [-0.2, 0) is 10.3 Å². The quantitative estimate of drug-likeness (QED) is 0.437. The number of rotatable bonds is 6. The van der Waals surface area contributed by atoms with Crippen LogP contribution in [0.5, 0.6) is 5.75 Å². The van der Waals surface area contributed by atoms with Crippen LogP contribution >= 0.6 is 23.2 Å². The Bertz CT molecular complexity index is 1270. The molecule has 0 saturated heterocycles. The maximum atomic E-state index is 13.9. The first-order chi connectivity index (χ1) is 16.7. The number of fused-ring (bicyclic) bond motifs is 3. The van der Waals surface area contributed by atoms with Crippen LogP contribution in [0, 0.1) is 11.6 Å². The van der Waals surface area contributed by atoms with Crippen LogP contribution in [0.15, 0.2) is 54.9 Å². The van der Waals surface area contributed by atoms with E-state index < -0.39 is 23.3 Å². The molecular weight excluding hydrogens is 497 g/mol. The molecule has 1 amide bonds. The number of nitrogens with one attached hydrogen (secondary N) is 1. The van der Waals surface area contributed by atoms with Crippen LogP contribution in [0.25, 0.3) is 11.1 Å². The normalized spacial score (nSPS) is 25.5. The zero-order valence-electron chi connectivity index (χ0n) is 18.7. The third-order valence-corrected chi connectivity index (χ3v) is 8.04. The fourth-order valence-electron chi connectivity index (χ4n) is 5.39. The molecule has 3 fully saturated rings. The number of ether oxygens (including phenoxy) is 1. The number of aromatic nitrogens is 1. The summed E-state index contributed by atoms with van der Waals surface area (Å²) in [6.45, 7) is -0.292. The van der Waals surface area contributed by atoms with Crippen LogP contribution in [0.3, 0.4) is 0 Å². The average molecular weight is 521 g/mol. The van der Waals surface area contributed by atoms with Gasteiger partial charge in [-0.2, -0.15) is 0 Å². The topological polar surface area (TPSA) is 63.5 Å². The van der Waals surface area contributed by atoms with Crippen LogP contribution in [0.4, 0.5) is 8.78 Å². The summed E-state index contributed by atoms with van der Waals surface area (Å²) < 4.78 is 35.0. The summed E-state index contributed by atoms with van der Waals surface area (Å²) in [7, 11) is 0. The molecule has 1 aromatic heterocycles. The highest BCUT2D eigenvalue weighted by Crippen LogP contribution is 2.51. The monoisotopic (exact) mass is 520 g/mol. The molecule has 1 atom stereocenters. The first-order valence-corrected chi connectivity index (χ1v) is 12.2. The Hall–Kier alpha value is -2.61. The zero-order chi connectivity index (χ0) is 24.8. The Morgan fingerprint density at radius 3 is 2.37 bits per heavy atom. The highest BCUT2D eigenvalue weighted by Gasteiger charge is 2.55. The molecule has 0 spiro atoms. The van der Waals surface area contributed by atoms with Gasteiger partial charge < -0.3 is 19.7 Å². The lowest BCUT2D eigenvalue weighted by molar-refractivity contribution is -0.134. The van der Waals surface area contributed by atoms with E-state index in [4.69, 9.17) is 27.9 Å². The summed E-state index contributed by atoms with van der Waals surface area (Å²) in [5.74, 6) is -1.26. The van der Waals surface area contributed by atoms with Crippen molar-refractivity contribution in [3.8, 4) is 16.9 Å². The van der Waals surface area contributed by atoms with Gasteiger partial charge in [0.05, 0.1) is 21.7 Å². The number of hydrogen-bond acceptors (Lipinski definition) is 3. The number of benzene rings is 2. The smallest absolute Gasteiger partial charge is 0.258 e. The summed E-state index contributed by atoms with van der Waals surface area (Å²) >= 11 is 11.5. The molecule has 5 nitrogen and oxygen atoms in total. The molecule has 3 aromatic rings. The summed E-state index contributed by atoms with van der Waals surface area (Å²) in [4.78, 5) is 12.6. The van der Waals surface area contributed by atoms with E-state index in [9.17, 15) is 18.7 Å². The molecule has 2 bridgehead atoms. The van der Waals surface area contributed by atoms with Crippen molar-refractivity contribution < 1.29 is 23.4 Å². The molecule has 1 heterocycles. The Morgan fingerprint density at radius 1 is 1.03 bits per heavy atom. The number of carbonyl (C=O) groups excluding carboxylic acids is 1. The first-order valence-electron chi connectivity index (χ1n) is 11.4. The Kier molecular flexibility index (Phi) is 6.28. The van der Waals surface area contributed by atoms with Crippen molar-refractivity contribution in [1.29, 1.82) is 0 Å². The van der Waals surface area contributed by atoms with Crippen molar-refractivity contribution in [2.24, 2.45) is 0 Å². The second kappa shape index (κ2) is 9.12. The predicted molar refractivity (Wildman–Crippen MR) is 130 cm³/mol. The minimum atomic E-state index is -0.735. The van der Waals surface area contributed by atoms with E-state index in [2.05, 4.69) is 9.88 Å². The third kappa shape index (κ3) is 4.53. The predicted octanol–water partition coefficient (Wildman–Crippen LogP) is 5.71. The minimum Gasteiger partial charge on any atom is -0.484 e. The molecule has 0 aliphatic heterocycles. The second-order valence-electron chi connectivity index (χ2n) is 9.45. The van der Waals surface area contributed by atoms with Crippen molar-refractivity contribution in [3.05, 3.63) is 76.5 Å². The lowest BCUT2D eigenvalue weighted by atomic mass is 9.59. The molecule has 3 aliphatic carbocycles. The van der Waals surface area contributed by atoms with Gasteiger partial charge in [0.1, 0.15) is 17.4 Å². The number of amides is 1. The van der Waals surface area contributed by atoms with Gasteiger partial charge in [-0.1, -0.05) is 29.3 Å². The number of aliphatic hydroxyl groups excluding tert-OH is 1. The highest BCUT2D eigenvalue weighted by molar-refractivity contribution is 6.31. The van der Waals surface area contributed by atoms with E-state index in [1.165, 1.54) is 24.3 Å². The molecule has 184 valence electrons. The molecule has 1 unspecified atom stereocenters. The van der Waals surface area contributed by atoms with Gasteiger partial charge in [-0.15, -0.1) is 0 Å². The maximum Gasteiger partial charge on any atom is 0.258 e. The molecule has 9 heteroatoms. The van der Waals surface area contributed by atoms with Crippen molar-refractivity contribution in [3.63, 3.8) is 0 Å². The summed E-state index contributed by atoms with van der Waals surface area (Å²) in [6, 6.07) is 10.6. The molecule has 2 aromatic carbocycles. The van der Waals surface area contributed by atoms with Gasteiger partial charge >= 0.3 is 0 Å². The van der Waals surface area contributed by atoms with E-state index in [1.807, 2.05) is 18.5 Å². The minimum absolute atomic E-state index is 0.0214. The average Bonchev–Trinajstić information content (AvgIpc) is 3.34. The SMILES string of the molecule is O=C(COc1ccc(Cl)c(F)c1)NC12CCC(n3ccc(-c4ccc(Cl)c(F)c4)c3)(CC1)CC2O. The van der Waals surface area contributed by atoms with Gasteiger partial charge in [0, 0.05) is 24.0 Å². The highest BCUT2D eigenvalue weighted by atomic mass is 35.5. The van der Waals surface area contributed by atoms with Crippen molar-refractivity contribution in [1.82, 2.24) is 9.88 Å². The number of carbonyl (C=O) groups is 1. The zero-order valence-corrected chi connectivity index (χ0v) is 20.3. The van der Waals surface area contributed by atoms with E-state index >= 15 is 0 Å². The third-order valence-electron chi connectivity index (χ3n) is 7.43.